The zero-order valence-corrected chi connectivity index (χ0v) is 20.6. The van der Waals surface area contributed by atoms with E-state index in [2.05, 4.69) is 10.3 Å². The number of ether oxygens (including phenoxy) is 1. The molecule has 1 aliphatic rings. The molecule has 0 radical (unpaired) electrons. The van der Waals surface area contributed by atoms with Crippen LogP contribution in [-0.4, -0.2) is 34.4 Å². The van der Waals surface area contributed by atoms with Gasteiger partial charge in [0.1, 0.15) is 17.3 Å². The van der Waals surface area contributed by atoms with Crippen molar-refractivity contribution in [2.75, 3.05) is 16.8 Å². The van der Waals surface area contributed by atoms with Gasteiger partial charge in [-0.2, -0.15) is 0 Å². The van der Waals surface area contributed by atoms with Crippen LogP contribution in [0.1, 0.15) is 11.8 Å². The van der Waals surface area contributed by atoms with Gasteiger partial charge in [0.15, 0.2) is 6.10 Å². The maximum Gasteiger partial charge on any atom is 0.268 e. The number of aromatic nitrogens is 2. The fourth-order valence-electron chi connectivity index (χ4n) is 3.89. The molecule has 0 saturated heterocycles. The highest BCUT2D eigenvalue weighted by molar-refractivity contribution is 7.15. The van der Waals surface area contributed by atoms with Crippen LogP contribution in [0.15, 0.2) is 66.9 Å². The van der Waals surface area contributed by atoms with Crippen molar-refractivity contribution >= 4 is 46.1 Å². The summed E-state index contributed by atoms with van der Waals surface area (Å²) in [5, 5.41) is 4.12. The third kappa shape index (κ3) is 4.76. The molecule has 9 heteroatoms. The normalized spacial score (nSPS) is 14.9. The predicted molar refractivity (Wildman–Crippen MR) is 138 cm³/mol. The third-order valence-electron chi connectivity index (χ3n) is 5.53. The minimum atomic E-state index is -0.705. The lowest BCUT2D eigenvalue weighted by molar-refractivity contribution is -0.127. The molecule has 1 N–H and O–H groups in total. The van der Waals surface area contributed by atoms with E-state index in [-0.39, 0.29) is 18.4 Å². The maximum atomic E-state index is 13.0. The Morgan fingerprint density at radius 3 is 2.80 bits per heavy atom. The Labute approximate surface area is 211 Å². The van der Waals surface area contributed by atoms with Gasteiger partial charge in [0, 0.05) is 27.3 Å². The summed E-state index contributed by atoms with van der Waals surface area (Å²) in [5.74, 6) is -0.0948. The average Bonchev–Trinajstić information content (AvgIpc) is 3.24. The molecule has 0 fully saturated rings. The minimum Gasteiger partial charge on any atom is -0.479 e. The molecular weight excluding hydrogens is 484 g/mol. The van der Waals surface area contributed by atoms with Crippen molar-refractivity contribution in [1.82, 2.24) is 9.97 Å². The van der Waals surface area contributed by atoms with Crippen molar-refractivity contribution in [3.05, 3.63) is 76.8 Å². The Kier molecular flexibility index (Phi) is 6.23. The number of anilines is 2. The van der Waals surface area contributed by atoms with Gasteiger partial charge in [-0.25, -0.2) is 4.98 Å². The summed E-state index contributed by atoms with van der Waals surface area (Å²) in [5.41, 5.74) is 3.51. The van der Waals surface area contributed by atoms with Gasteiger partial charge in [-0.1, -0.05) is 23.7 Å². The van der Waals surface area contributed by atoms with Crippen LogP contribution in [0.4, 0.5) is 11.4 Å². The van der Waals surface area contributed by atoms with Crippen LogP contribution in [-0.2, 0) is 9.59 Å². The number of fused-ring (bicyclic) bond motifs is 1. The molecule has 1 aliphatic heterocycles. The van der Waals surface area contributed by atoms with Gasteiger partial charge in [0.2, 0.25) is 5.91 Å². The molecule has 3 heterocycles. The van der Waals surface area contributed by atoms with E-state index in [1.165, 1.54) is 4.90 Å². The van der Waals surface area contributed by atoms with E-state index in [4.69, 9.17) is 21.3 Å². The van der Waals surface area contributed by atoms with Crippen molar-refractivity contribution in [3.8, 4) is 27.7 Å². The summed E-state index contributed by atoms with van der Waals surface area (Å²) in [6.07, 6.45) is 1.03. The Morgan fingerprint density at radius 1 is 1.17 bits per heavy atom. The lowest BCUT2D eigenvalue weighted by atomic mass is 10.1. The Bertz CT molecular complexity index is 1420. The number of hydrogen-bond acceptors (Lipinski definition) is 6. The highest BCUT2D eigenvalue weighted by atomic mass is 35.5. The van der Waals surface area contributed by atoms with Crippen LogP contribution < -0.4 is 15.0 Å². The highest BCUT2D eigenvalue weighted by Gasteiger charge is 2.33. The SMILES string of the molecule is Cc1sc(-c2ccccn2)nc1-c1ccc2c(c1)N(CC(=O)Nc1cccc(Cl)c1)C(=O)C(C)O2. The maximum absolute atomic E-state index is 13.0. The largest absolute Gasteiger partial charge is 0.479 e. The molecule has 0 saturated carbocycles. The molecule has 4 aromatic rings. The van der Waals surface area contributed by atoms with Crippen LogP contribution >= 0.6 is 22.9 Å². The summed E-state index contributed by atoms with van der Waals surface area (Å²) >= 11 is 7.57. The molecule has 0 aliphatic carbocycles. The van der Waals surface area contributed by atoms with E-state index in [9.17, 15) is 9.59 Å². The number of amides is 2. The molecule has 0 spiro atoms. The fourth-order valence-corrected chi connectivity index (χ4v) is 4.99. The predicted octanol–water partition coefficient (Wildman–Crippen LogP) is 5.59. The van der Waals surface area contributed by atoms with Crippen molar-refractivity contribution in [1.29, 1.82) is 0 Å². The van der Waals surface area contributed by atoms with E-state index in [1.807, 2.05) is 43.3 Å². The van der Waals surface area contributed by atoms with Crippen LogP contribution in [0.5, 0.6) is 5.75 Å². The van der Waals surface area contributed by atoms with Crippen molar-refractivity contribution in [3.63, 3.8) is 0 Å². The number of nitrogens with one attached hydrogen (secondary N) is 1. The van der Waals surface area contributed by atoms with Gasteiger partial charge < -0.3 is 10.1 Å². The van der Waals surface area contributed by atoms with E-state index in [1.54, 1.807) is 48.7 Å². The van der Waals surface area contributed by atoms with E-state index in [0.717, 1.165) is 26.8 Å². The molecule has 1 atom stereocenters. The van der Waals surface area contributed by atoms with Gasteiger partial charge in [-0.15, -0.1) is 11.3 Å². The van der Waals surface area contributed by atoms with E-state index in [0.29, 0.717) is 22.1 Å². The van der Waals surface area contributed by atoms with Crippen molar-refractivity contribution in [2.24, 2.45) is 0 Å². The first-order valence-corrected chi connectivity index (χ1v) is 12.1. The first kappa shape index (κ1) is 23.0. The second kappa shape index (κ2) is 9.48. The number of benzene rings is 2. The topological polar surface area (TPSA) is 84.4 Å². The molecule has 7 nitrogen and oxygen atoms in total. The molecule has 2 amide bonds. The van der Waals surface area contributed by atoms with Gasteiger partial charge in [0.25, 0.3) is 5.91 Å². The van der Waals surface area contributed by atoms with E-state index < -0.39 is 6.10 Å². The number of halogens is 1. The van der Waals surface area contributed by atoms with Crippen molar-refractivity contribution < 1.29 is 14.3 Å². The zero-order chi connectivity index (χ0) is 24.5. The van der Waals surface area contributed by atoms with Gasteiger partial charge in [-0.05, 0) is 62.4 Å². The van der Waals surface area contributed by atoms with Crippen molar-refractivity contribution in [2.45, 2.75) is 20.0 Å². The summed E-state index contributed by atoms with van der Waals surface area (Å²) in [6, 6.07) is 18.1. The minimum absolute atomic E-state index is 0.162. The number of thiazole rings is 1. The monoisotopic (exact) mass is 504 g/mol. The summed E-state index contributed by atoms with van der Waals surface area (Å²) in [4.78, 5) is 37.5. The number of hydrogen-bond donors (Lipinski definition) is 1. The summed E-state index contributed by atoms with van der Waals surface area (Å²) in [7, 11) is 0. The Morgan fingerprint density at radius 2 is 2.03 bits per heavy atom. The highest BCUT2D eigenvalue weighted by Crippen LogP contribution is 2.40. The zero-order valence-electron chi connectivity index (χ0n) is 19.0. The second-order valence-electron chi connectivity index (χ2n) is 8.06. The fraction of sp³-hybridized carbons (Fsp3) is 0.154. The average molecular weight is 505 g/mol. The first-order chi connectivity index (χ1) is 16.9. The quantitative estimate of drug-likeness (QED) is 0.383. The molecule has 0 bridgehead atoms. The first-order valence-electron chi connectivity index (χ1n) is 11.0. The lowest BCUT2D eigenvalue weighted by Gasteiger charge is -2.33. The molecule has 176 valence electrons. The smallest absolute Gasteiger partial charge is 0.268 e. The number of carbonyl (C=O) groups excluding carboxylic acids is 2. The number of aryl methyl sites for hydroxylation is 1. The van der Waals surface area contributed by atoms with Crippen LogP contribution in [0.2, 0.25) is 5.02 Å². The number of rotatable bonds is 5. The van der Waals surface area contributed by atoms with Gasteiger partial charge in [0.05, 0.1) is 17.1 Å². The molecule has 35 heavy (non-hydrogen) atoms. The number of nitrogens with zero attached hydrogens (tertiary/aromatic N) is 3. The molecule has 5 rings (SSSR count). The number of carbonyl (C=O) groups is 2. The third-order valence-corrected chi connectivity index (χ3v) is 6.76. The Balaban J connectivity index is 1.46. The van der Waals surface area contributed by atoms with Gasteiger partial charge >= 0.3 is 0 Å². The van der Waals surface area contributed by atoms with Crippen LogP contribution in [0.3, 0.4) is 0 Å². The molecule has 2 aromatic carbocycles. The second-order valence-corrected chi connectivity index (χ2v) is 9.70. The standard InChI is InChI=1S/C26H21ClN4O3S/c1-15-26(33)31(14-23(32)29-19-7-5-6-18(27)13-19)21-12-17(9-10-22(21)34-15)24-16(2)35-25(30-24)20-8-3-4-11-28-20/h3-13,15H,14H2,1-2H3,(H,29,32). The molecule has 2 aromatic heterocycles. The molecular formula is C26H21ClN4O3S. The van der Waals surface area contributed by atoms with Crippen LogP contribution in [0, 0.1) is 6.92 Å². The van der Waals surface area contributed by atoms with E-state index >= 15 is 0 Å². The number of pyridine rings is 1. The van der Waals surface area contributed by atoms with Crippen LogP contribution in [0.25, 0.3) is 22.0 Å². The van der Waals surface area contributed by atoms with Gasteiger partial charge in [-0.3, -0.25) is 19.5 Å². The summed E-state index contributed by atoms with van der Waals surface area (Å²) < 4.78 is 5.82. The lowest BCUT2D eigenvalue weighted by Crippen LogP contribution is -2.47. The summed E-state index contributed by atoms with van der Waals surface area (Å²) in [6.45, 7) is 3.51. The Hall–Kier alpha value is -3.75. The molecule has 1 unspecified atom stereocenters.